The number of pyridine rings is 2. The standard InChI is InChI=1S/C21H25N5O3S.C14H22N2O2.C7H5N3O2S.C5H3BrO2S/c1-14-6-7-15(29-18-17(21(2,3)28)5-4-9-22-18)13-25(14)19(27)16-8-12-30-20(16)26-23-10-11-24-26;1-10-6-7-11(9-16-10)18-13-12(14(2,3)17)5-4-8-15-13;11-7(12)5-1-4-13-6(5)10-8-2-3-9-10;6-4-3(5(7)8)1-2-9-4/h4-5,8-12,14-15,28H,6-7,13H2,1-3H3;4-5,8,10-11,16-17H,6-7,9H2,1-3H3;1-4H,(H,11,12);1-2H,(H,7,8)/t14-,15-;10-,11-;;/m11../s1. The van der Waals surface area contributed by atoms with Crippen molar-refractivity contribution in [3.05, 3.63) is 127 Å². The highest BCUT2D eigenvalue weighted by molar-refractivity contribution is 9.11. The molecule has 7 aromatic rings. The van der Waals surface area contributed by atoms with Crippen molar-refractivity contribution in [3.63, 3.8) is 0 Å². The molecule has 1 amide bonds. The number of amides is 1. The number of carbonyl (C=O) groups excluding carboxylic acids is 1. The minimum Gasteiger partial charge on any atom is -0.478 e. The Labute approximate surface area is 424 Å². The molecule has 0 spiro atoms. The zero-order valence-corrected chi connectivity index (χ0v) is 43.3. The van der Waals surface area contributed by atoms with Crippen LogP contribution in [0, 0.1) is 0 Å². The number of aliphatic hydroxyl groups is 2. The Morgan fingerprint density at radius 1 is 0.657 bits per heavy atom. The van der Waals surface area contributed by atoms with Crippen molar-refractivity contribution in [2.24, 2.45) is 0 Å². The molecule has 0 radical (unpaired) electrons. The van der Waals surface area contributed by atoms with Gasteiger partial charge in [0.15, 0.2) is 10.0 Å². The first-order valence-corrected chi connectivity index (χ1v) is 25.6. The van der Waals surface area contributed by atoms with Crippen molar-refractivity contribution >= 4 is 67.8 Å². The number of carbonyl (C=O) groups is 3. The van der Waals surface area contributed by atoms with Gasteiger partial charge in [-0.05, 0) is 142 Å². The van der Waals surface area contributed by atoms with Gasteiger partial charge in [0.2, 0.25) is 11.8 Å². The lowest BCUT2D eigenvalue weighted by atomic mass is 9.98. The van der Waals surface area contributed by atoms with Gasteiger partial charge in [-0.15, -0.1) is 43.6 Å². The minimum absolute atomic E-state index is 0.0620. The second kappa shape index (κ2) is 24.3. The Morgan fingerprint density at radius 2 is 1.13 bits per heavy atom. The number of aromatic carboxylic acids is 2. The summed E-state index contributed by atoms with van der Waals surface area (Å²) in [6.45, 7) is 12.4. The summed E-state index contributed by atoms with van der Waals surface area (Å²) in [5.74, 6) is -0.954. The molecule has 19 nitrogen and oxygen atoms in total. The summed E-state index contributed by atoms with van der Waals surface area (Å²) in [7, 11) is 0. The van der Waals surface area contributed by atoms with Crippen molar-refractivity contribution in [1.29, 1.82) is 0 Å². The molecule has 9 heterocycles. The maximum atomic E-state index is 13.4. The molecule has 5 N–H and O–H groups in total. The van der Waals surface area contributed by atoms with Crippen molar-refractivity contribution in [1.82, 2.24) is 50.2 Å². The molecule has 0 unspecified atom stereocenters. The number of halogens is 1. The Morgan fingerprint density at radius 3 is 1.59 bits per heavy atom. The van der Waals surface area contributed by atoms with E-state index in [0.29, 0.717) is 54.8 Å². The molecule has 7 aromatic heterocycles. The van der Waals surface area contributed by atoms with Gasteiger partial charge in [0, 0.05) is 42.1 Å². The van der Waals surface area contributed by atoms with Gasteiger partial charge in [0.05, 0.1) is 63.0 Å². The highest BCUT2D eigenvalue weighted by atomic mass is 79.9. The molecule has 2 fully saturated rings. The fourth-order valence-electron chi connectivity index (χ4n) is 7.22. The summed E-state index contributed by atoms with van der Waals surface area (Å²) in [5, 5.41) is 63.7. The molecule has 0 aromatic carbocycles. The molecule has 0 aliphatic carbocycles. The monoisotopic (exact) mass is 1080 g/mol. The minimum atomic E-state index is -1.07. The molecule has 2 aliphatic heterocycles. The van der Waals surface area contributed by atoms with Gasteiger partial charge in [-0.25, -0.2) is 19.6 Å². The summed E-state index contributed by atoms with van der Waals surface area (Å²) in [5.41, 5.74) is 0.512. The first-order valence-electron chi connectivity index (χ1n) is 22.1. The highest BCUT2D eigenvalue weighted by Crippen LogP contribution is 2.32. The van der Waals surface area contributed by atoms with Gasteiger partial charge in [-0.3, -0.25) is 4.79 Å². The van der Waals surface area contributed by atoms with Crippen LogP contribution in [0.25, 0.3) is 10.0 Å². The van der Waals surface area contributed by atoms with Crippen LogP contribution in [-0.2, 0) is 11.2 Å². The molecule has 2 saturated heterocycles. The number of nitrogens with zero attached hydrogens (tertiary/aromatic N) is 9. The van der Waals surface area contributed by atoms with Crippen LogP contribution in [-0.4, -0.2) is 121 Å². The van der Waals surface area contributed by atoms with E-state index in [0.717, 1.165) is 37.8 Å². The first kappa shape index (κ1) is 53.4. The lowest BCUT2D eigenvalue weighted by Crippen LogP contribution is -2.49. The van der Waals surface area contributed by atoms with E-state index in [1.807, 2.05) is 34.5 Å². The molecular weight excluding hydrogens is 1020 g/mol. The SMILES string of the molecule is C[C@@H]1CC[C@@H](Oc2ncccc2C(C)(C)O)CN1.C[C@@H]1CC[C@@H](Oc2ncccc2C(C)(C)O)CN1C(=O)c1ccsc1-n1nccn1.O=C(O)c1ccsc1-n1nccn1.O=C(O)c1ccsc1Br. The molecule has 0 bridgehead atoms. The van der Waals surface area contributed by atoms with Crippen LogP contribution in [0.2, 0.25) is 0 Å². The van der Waals surface area contributed by atoms with Gasteiger partial charge in [0.1, 0.15) is 12.2 Å². The van der Waals surface area contributed by atoms with Crippen LogP contribution in [0.15, 0.2) is 99.6 Å². The van der Waals surface area contributed by atoms with Gasteiger partial charge in [-0.2, -0.15) is 20.4 Å². The predicted molar refractivity (Wildman–Crippen MR) is 269 cm³/mol. The van der Waals surface area contributed by atoms with E-state index >= 15 is 0 Å². The summed E-state index contributed by atoms with van der Waals surface area (Å²) in [6.07, 6.45) is 13.2. The average Bonchev–Trinajstić information content (AvgIpc) is 4.18. The predicted octanol–water partition coefficient (Wildman–Crippen LogP) is 8.09. The van der Waals surface area contributed by atoms with E-state index in [4.69, 9.17) is 19.7 Å². The summed E-state index contributed by atoms with van der Waals surface area (Å²) in [4.78, 5) is 47.5. The van der Waals surface area contributed by atoms with E-state index < -0.39 is 23.1 Å². The van der Waals surface area contributed by atoms with Crippen LogP contribution < -0.4 is 14.8 Å². The number of thiophene rings is 3. The number of hydrogen-bond donors (Lipinski definition) is 5. The van der Waals surface area contributed by atoms with E-state index in [1.165, 1.54) is 62.1 Å². The third-order valence-electron chi connectivity index (χ3n) is 10.9. The van der Waals surface area contributed by atoms with Gasteiger partial charge in [0.25, 0.3) is 5.91 Å². The summed E-state index contributed by atoms with van der Waals surface area (Å²) >= 11 is 7.20. The molecular formula is C47H55BrN10O9S3. The van der Waals surface area contributed by atoms with Crippen LogP contribution in [0.5, 0.6) is 11.8 Å². The van der Waals surface area contributed by atoms with Crippen LogP contribution in [0.3, 0.4) is 0 Å². The first-order chi connectivity index (χ1) is 33.3. The molecule has 23 heteroatoms. The number of carboxylic acids is 2. The van der Waals surface area contributed by atoms with Gasteiger partial charge >= 0.3 is 11.9 Å². The summed E-state index contributed by atoms with van der Waals surface area (Å²) in [6, 6.07) is 12.8. The molecule has 372 valence electrons. The number of carboxylic acid groups (broad SMARTS) is 2. The number of rotatable bonds is 11. The Hall–Kier alpha value is -5.95. The number of likely N-dealkylation sites (tertiary alicyclic amines) is 1. The van der Waals surface area contributed by atoms with Gasteiger partial charge in [-0.1, -0.05) is 0 Å². The molecule has 9 rings (SSSR count). The third kappa shape index (κ3) is 14.3. The maximum Gasteiger partial charge on any atom is 0.338 e. The van der Waals surface area contributed by atoms with E-state index in [-0.39, 0.29) is 29.7 Å². The molecule has 70 heavy (non-hydrogen) atoms. The Bertz CT molecular complexity index is 2760. The highest BCUT2D eigenvalue weighted by Gasteiger charge is 2.34. The fraction of sp³-hybridized carbons (Fsp3) is 0.383. The number of hydrogen-bond acceptors (Lipinski definition) is 17. The van der Waals surface area contributed by atoms with E-state index in [1.54, 1.807) is 75.4 Å². The largest absolute Gasteiger partial charge is 0.478 e. The van der Waals surface area contributed by atoms with Crippen molar-refractivity contribution in [2.75, 3.05) is 13.1 Å². The van der Waals surface area contributed by atoms with Crippen molar-refractivity contribution in [2.45, 2.75) is 103 Å². The molecule has 4 atom stereocenters. The number of piperidine rings is 2. The van der Waals surface area contributed by atoms with Crippen LogP contribution in [0.4, 0.5) is 0 Å². The fourth-order valence-corrected chi connectivity index (χ4v) is 10.1. The zero-order chi connectivity index (χ0) is 50.6. The lowest BCUT2D eigenvalue weighted by molar-refractivity contribution is 0.0326. The van der Waals surface area contributed by atoms with Crippen molar-refractivity contribution < 1.29 is 44.3 Å². The van der Waals surface area contributed by atoms with E-state index in [2.05, 4.69) is 65.5 Å². The van der Waals surface area contributed by atoms with Gasteiger partial charge < -0.3 is 40.1 Å². The summed E-state index contributed by atoms with van der Waals surface area (Å²) < 4.78 is 12.8. The van der Waals surface area contributed by atoms with Crippen LogP contribution >= 0.6 is 49.9 Å². The number of ether oxygens (including phenoxy) is 2. The average molecular weight is 1080 g/mol. The third-order valence-corrected chi connectivity index (χ3v) is 14.4. The topological polar surface area (TPSA) is 253 Å². The lowest BCUT2D eigenvalue weighted by Gasteiger charge is -2.38. The second-order valence-electron chi connectivity index (χ2n) is 17.2. The smallest absolute Gasteiger partial charge is 0.338 e. The maximum absolute atomic E-state index is 13.4. The van der Waals surface area contributed by atoms with E-state index in [9.17, 15) is 24.6 Å². The van der Waals surface area contributed by atoms with Crippen LogP contribution in [0.1, 0.15) is 109 Å². The number of aromatic nitrogens is 8. The molecule has 2 aliphatic rings. The number of nitrogens with one attached hydrogen (secondary N) is 1. The van der Waals surface area contributed by atoms with Crippen molar-refractivity contribution in [3.8, 4) is 21.8 Å². The molecule has 0 saturated carbocycles. The normalized spacial score (nSPS) is 17.9. The Kier molecular flexibility index (Phi) is 18.5. The quantitative estimate of drug-likeness (QED) is 0.0821. The second-order valence-corrected chi connectivity index (χ2v) is 21.2. The Balaban J connectivity index is 0.000000170. The zero-order valence-electron chi connectivity index (χ0n) is 39.2.